The molecular formula is C33H52N4O9S2Si. The molecule has 0 radical (unpaired) electrons. The first-order chi connectivity index (χ1) is 22.7. The zero-order valence-electron chi connectivity index (χ0n) is 30.2. The second-order valence-electron chi connectivity index (χ2n) is 13.6. The summed E-state index contributed by atoms with van der Waals surface area (Å²) in [6, 6.07) is -0.321. The first-order valence-electron chi connectivity index (χ1n) is 16.1. The monoisotopic (exact) mass is 740 g/mol. The van der Waals surface area contributed by atoms with Gasteiger partial charge in [-0.15, -0.1) is 11.3 Å². The van der Waals surface area contributed by atoms with Crippen LogP contribution in [0.4, 0.5) is 4.79 Å². The van der Waals surface area contributed by atoms with Gasteiger partial charge in [-0.05, 0) is 52.2 Å². The molecule has 0 saturated carbocycles. The highest BCUT2D eigenvalue weighted by Gasteiger charge is 2.30. The van der Waals surface area contributed by atoms with Crippen molar-refractivity contribution in [2.45, 2.75) is 111 Å². The Hall–Kier alpha value is -3.50. The van der Waals surface area contributed by atoms with E-state index in [1.807, 2.05) is 0 Å². The Balaban J connectivity index is 2.92. The molecule has 0 bridgehead atoms. The summed E-state index contributed by atoms with van der Waals surface area (Å²) in [5, 5.41) is 9.64. The third-order valence-corrected chi connectivity index (χ3v) is 9.65. The van der Waals surface area contributed by atoms with Gasteiger partial charge < -0.3 is 30.2 Å². The first kappa shape index (κ1) is 43.5. The number of thiazole rings is 1. The quantitative estimate of drug-likeness (QED) is 0.0441. The lowest BCUT2D eigenvalue weighted by atomic mass is 10.0. The maximum absolute atomic E-state index is 13.4. The van der Waals surface area contributed by atoms with E-state index in [0.29, 0.717) is 17.2 Å². The number of alkyl carbamates (subject to hydrolysis) is 1. The van der Waals surface area contributed by atoms with Crippen LogP contribution in [0.15, 0.2) is 29.3 Å². The summed E-state index contributed by atoms with van der Waals surface area (Å²) in [6.45, 7) is 18.5. The molecule has 274 valence electrons. The van der Waals surface area contributed by atoms with E-state index >= 15 is 0 Å². The first-order valence-corrected chi connectivity index (χ1v) is 21.6. The standard InChI is InChI=1S/C33H52N4O9S2Si/c1-11-24(36-30(41)25-20-48-26(35-25)19-34-32(43)46-33(5,6)7)29(40)37-28(21(2)3)31(42)45-23(14-12-13-16-47-22(4)38)18-27(39)44-15-17-49(8,9)10/h11-12,14,20-21,23,28H,13,15-19H2,1-10H3,(H,34,43)(H,36,41)(H,37,40)/b14-12+,24-11-/t23-,28?/m1/s1. The van der Waals surface area contributed by atoms with Crippen molar-refractivity contribution in [1.29, 1.82) is 0 Å². The van der Waals surface area contributed by atoms with Crippen LogP contribution in [0.1, 0.15) is 76.8 Å². The van der Waals surface area contributed by atoms with Gasteiger partial charge in [0, 0.05) is 26.1 Å². The number of hydrogen-bond donors (Lipinski definition) is 3. The molecule has 49 heavy (non-hydrogen) atoms. The van der Waals surface area contributed by atoms with Gasteiger partial charge in [0.25, 0.3) is 11.8 Å². The van der Waals surface area contributed by atoms with Crippen molar-refractivity contribution in [3.8, 4) is 0 Å². The van der Waals surface area contributed by atoms with Crippen LogP contribution in [-0.4, -0.2) is 78.1 Å². The van der Waals surface area contributed by atoms with E-state index in [0.717, 1.165) is 29.1 Å². The van der Waals surface area contributed by atoms with E-state index in [4.69, 9.17) is 14.2 Å². The number of esters is 2. The topological polar surface area (TPSA) is 179 Å². The number of allylic oxidation sites excluding steroid dienone is 2. The summed E-state index contributed by atoms with van der Waals surface area (Å²) in [5.41, 5.74) is -0.746. The van der Waals surface area contributed by atoms with Gasteiger partial charge in [-0.3, -0.25) is 19.2 Å². The molecule has 16 heteroatoms. The minimum Gasteiger partial charge on any atom is -0.466 e. The van der Waals surface area contributed by atoms with Crippen LogP contribution in [0.3, 0.4) is 0 Å². The number of nitrogens with one attached hydrogen (secondary N) is 3. The number of thioether (sulfide) groups is 1. The van der Waals surface area contributed by atoms with Crippen LogP contribution in [0.2, 0.25) is 25.7 Å². The molecule has 0 saturated heterocycles. The van der Waals surface area contributed by atoms with Crippen molar-refractivity contribution in [2.24, 2.45) is 5.92 Å². The van der Waals surface area contributed by atoms with Crippen molar-refractivity contribution in [1.82, 2.24) is 20.9 Å². The number of rotatable bonds is 18. The van der Waals surface area contributed by atoms with Crippen molar-refractivity contribution in [3.05, 3.63) is 40.0 Å². The Labute approximate surface area is 298 Å². The molecule has 1 rings (SSSR count). The highest BCUT2D eigenvalue weighted by atomic mass is 32.2. The molecule has 0 aliphatic carbocycles. The summed E-state index contributed by atoms with van der Waals surface area (Å²) in [4.78, 5) is 79.5. The number of ether oxygens (including phenoxy) is 3. The third-order valence-electron chi connectivity index (χ3n) is 6.25. The Morgan fingerprint density at radius 2 is 1.78 bits per heavy atom. The van der Waals surface area contributed by atoms with E-state index in [2.05, 4.69) is 40.6 Å². The Bertz CT molecular complexity index is 1360. The molecular weight excluding hydrogens is 689 g/mol. The van der Waals surface area contributed by atoms with Crippen LogP contribution in [-0.2, 0) is 39.9 Å². The molecule has 0 aliphatic rings. The van der Waals surface area contributed by atoms with Gasteiger partial charge in [0.1, 0.15) is 34.1 Å². The van der Waals surface area contributed by atoms with Gasteiger partial charge in [0.2, 0.25) is 0 Å². The summed E-state index contributed by atoms with van der Waals surface area (Å²) in [6.07, 6.45) is 3.41. The minimum absolute atomic E-state index is 0.0153. The maximum atomic E-state index is 13.4. The van der Waals surface area contributed by atoms with Crippen LogP contribution in [0, 0.1) is 5.92 Å². The third kappa shape index (κ3) is 19.3. The van der Waals surface area contributed by atoms with Crippen LogP contribution < -0.4 is 16.0 Å². The highest BCUT2D eigenvalue weighted by molar-refractivity contribution is 8.13. The molecule has 3 amide bonds. The normalized spacial score (nSPS) is 13.4. The molecule has 3 N–H and O–H groups in total. The molecule has 1 aromatic rings. The number of carbonyl (C=O) groups is 6. The number of nitrogens with zero attached hydrogens (tertiary/aromatic N) is 1. The van der Waals surface area contributed by atoms with Gasteiger partial charge in [-0.25, -0.2) is 14.6 Å². The Morgan fingerprint density at radius 1 is 1.10 bits per heavy atom. The van der Waals surface area contributed by atoms with Gasteiger partial charge in [-0.1, -0.05) is 57.4 Å². The summed E-state index contributed by atoms with van der Waals surface area (Å²) < 4.78 is 16.3. The van der Waals surface area contributed by atoms with Crippen molar-refractivity contribution in [3.63, 3.8) is 0 Å². The fourth-order valence-electron chi connectivity index (χ4n) is 3.71. The molecule has 0 aromatic carbocycles. The second-order valence-corrected chi connectivity index (χ2v) is 21.4. The molecule has 13 nitrogen and oxygen atoms in total. The Morgan fingerprint density at radius 3 is 2.35 bits per heavy atom. The number of amides is 3. The Kier molecular flexibility index (Phi) is 18.5. The lowest BCUT2D eigenvalue weighted by molar-refractivity contribution is -0.156. The predicted octanol–water partition coefficient (Wildman–Crippen LogP) is 5.35. The van der Waals surface area contributed by atoms with E-state index in [-0.39, 0.29) is 36.1 Å². The number of aromatic nitrogens is 1. The molecule has 0 spiro atoms. The zero-order valence-corrected chi connectivity index (χ0v) is 32.9. The van der Waals surface area contributed by atoms with Crippen LogP contribution in [0.25, 0.3) is 0 Å². The van der Waals surface area contributed by atoms with Crippen molar-refractivity contribution < 1.29 is 43.0 Å². The molecule has 1 heterocycles. The number of hydrogen-bond acceptors (Lipinski definition) is 12. The molecule has 0 fully saturated rings. The average Bonchev–Trinajstić information content (AvgIpc) is 3.44. The van der Waals surface area contributed by atoms with E-state index < -0.39 is 61.6 Å². The summed E-state index contributed by atoms with van der Waals surface area (Å²) in [5.74, 6) is -2.56. The predicted molar refractivity (Wildman–Crippen MR) is 194 cm³/mol. The lowest BCUT2D eigenvalue weighted by Crippen LogP contribution is -2.48. The summed E-state index contributed by atoms with van der Waals surface area (Å²) in [7, 11) is -1.43. The van der Waals surface area contributed by atoms with Gasteiger partial charge in [0.15, 0.2) is 5.12 Å². The highest BCUT2D eigenvalue weighted by Crippen LogP contribution is 2.15. The van der Waals surface area contributed by atoms with E-state index in [1.165, 1.54) is 18.4 Å². The zero-order chi connectivity index (χ0) is 37.4. The van der Waals surface area contributed by atoms with E-state index in [9.17, 15) is 28.8 Å². The molecule has 2 atom stereocenters. The smallest absolute Gasteiger partial charge is 0.408 e. The maximum Gasteiger partial charge on any atom is 0.408 e. The fourth-order valence-corrected chi connectivity index (χ4v) is 5.68. The number of carbonyl (C=O) groups excluding carboxylic acids is 6. The molecule has 0 aliphatic heterocycles. The second kappa shape index (κ2) is 20.9. The lowest BCUT2D eigenvalue weighted by Gasteiger charge is -2.24. The summed E-state index contributed by atoms with van der Waals surface area (Å²) >= 11 is 2.31. The minimum atomic E-state index is -1.43. The van der Waals surface area contributed by atoms with Gasteiger partial charge >= 0.3 is 18.0 Å². The fraction of sp³-hybridized carbons (Fsp3) is 0.606. The SMILES string of the molecule is C/C=C(\NC(=O)c1csc(CNC(=O)OC(C)(C)C)n1)C(=O)NC(C(=O)O[C@H](/C=C/CCSC(C)=O)CC(=O)OCC[Si](C)(C)C)C(C)C. The van der Waals surface area contributed by atoms with Crippen molar-refractivity contribution in [2.75, 3.05) is 12.4 Å². The molecule has 1 unspecified atom stereocenters. The van der Waals surface area contributed by atoms with Gasteiger partial charge in [0.05, 0.1) is 19.6 Å². The van der Waals surface area contributed by atoms with Crippen molar-refractivity contribution >= 4 is 66.1 Å². The van der Waals surface area contributed by atoms with E-state index in [1.54, 1.807) is 53.7 Å². The average molecular weight is 741 g/mol. The van der Waals surface area contributed by atoms with Crippen LogP contribution >= 0.6 is 23.1 Å². The molecule has 1 aromatic heterocycles. The van der Waals surface area contributed by atoms with Crippen LogP contribution in [0.5, 0.6) is 0 Å². The van der Waals surface area contributed by atoms with Gasteiger partial charge in [-0.2, -0.15) is 0 Å². The largest absolute Gasteiger partial charge is 0.466 e.